The van der Waals surface area contributed by atoms with E-state index in [9.17, 15) is 0 Å². The van der Waals surface area contributed by atoms with Crippen molar-refractivity contribution in [3.05, 3.63) is 16.1 Å². The van der Waals surface area contributed by atoms with E-state index in [4.69, 9.17) is 4.98 Å². The Morgan fingerprint density at radius 2 is 1.95 bits per heavy atom. The van der Waals surface area contributed by atoms with E-state index >= 15 is 0 Å². The van der Waals surface area contributed by atoms with Gasteiger partial charge in [0.2, 0.25) is 0 Å². The molecule has 0 spiro atoms. The number of thiazole rings is 1. The predicted octanol–water partition coefficient (Wildman–Crippen LogP) is 4.99. The molecular weight excluding hydrogens is 276 g/mol. The third-order valence-corrected chi connectivity index (χ3v) is 6.15. The van der Waals surface area contributed by atoms with Crippen molar-refractivity contribution in [2.24, 2.45) is 5.92 Å². The molecular formula is C18H30N2S. The number of rotatable bonds is 3. The molecule has 3 rings (SSSR count). The Balaban J connectivity index is 1.89. The lowest BCUT2D eigenvalue weighted by molar-refractivity contribution is 0.281. The first-order chi connectivity index (χ1) is 9.89. The normalized spacial score (nSPS) is 31.1. The third kappa shape index (κ3) is 3.50. The largest absolute Gasteiger partial charge is 0.303 e. The summed E-state index contributed by atoms with van der Waals surface area (Å²) in [4.78, 5) is 5.08. The average molecular weight is 307 g/mol. The van der Waals surface area contributed by atoms with Crippen molar-refractivity contribution in [3.63, 3.8) is 0 Å². The molecule has 2 unspecified atom stereocenters. The molecule has 0 aromatic carbocycles. The molecule has 2 aliphatic rings. The number of nitrogens with one attached hydrogen (secondary N) is 1. The molecule has 2 nitrogen and oxygen atoms in total. The molecule has 2 atom stereocenters. The number of aromatic nitrogens is 1. The molecule has 0 aliphatic heterocycles. The fraction of sp³-hybridized carbons (Fsp3) is 0.833. The minimum Gasteiger partial charge on any atom is -0.303 e. The summed E-state index contributed by atoms with van der Waals surface area (Å²) in [6, 6.07) is 0.750. The molecule has 0 radical (unpaired) electrons. The highest BCUT2D eigenvalue weighted by Gasteiger charge is 2.41. The molecule has 0 bridgehead atoms. The summed E-state index contributed by atoms with van der Waals surface area (Å²) in [6.07, 6.45) is 9.30. The molecule has 21 heavy (non-hydrogen) atoms. The van der Waals surface area contributed by atoms with Crippen LogP contribution >= 0.6 is 11.3 Å². The zero-order valence-corrected chi connectivity index (χ0v) is 14.9. The second-order valence-electron chi connectivity index (χ2n) is 8.32. The Bertz CT molecular complexity index is 484. The van der Waals surface area contributed by atoms with Crippen LogP contribution < -0.4 is 5.32 Å². The van der Waals surface area contributed by atoms with Crippen molar-refractivity contribution >= 4 is 11.3 Å². The van der Waals surface area contributed by atoms with Crippen molar-refractivity contribution in [3.8, 4) is 0 Å². The van der Waals surface area contributed by atoms with Crippen molar-refractivity contribution in [2.45, 2.75) is 89.6 Å². The Morgan fingerprint density at radius 1 is 1.19 bits per heavy atom. The van der Waals surface area contributed by atoms with Gasteiger partial charge < -0.3 is 5.32 Å². The standard InChI is InChI=1S/C18H30N2S/c1-13-6-5-10-18(11-9-13,20-14-7-8-14)16-19-15(12-21-16)17(2,3)4/h12-14,20H,5-11H2,1-4H3. The van der Waals surface area contributed by atoms with E-state index in [1.54, 1.807) is 0 Å². The van der Waals surface area contributed by atoms with Gasteiger partial charge in [-0.05, 0) is 38.0 Å². The van der Waals surface area contributed by atoms with Crippen molar-refractivity contribution in [1.29, 1.82) is 0 Å². The Morgan fingerprint density at radius 3 is 2.57 bits per heavy atom. The van der Waals surface area contributed by atoms with E-state index in [1.807, 2.05) is 11.3 Å². The highest BCUT2D eigenvalue weighted by atomic mass is 32.1. The maximum Gasteiger partial charge on any atom is 0.113 e. The summed E-state index contributed by atoms with van der Waals surface area (Å²) in [6.45, 7) is 9.21. The predicted molar refractivity (Wildman–Crippen MR) is 90.9 cm³/mol. The van der Waals surface area contributed by atoms with Gasteiger partial charge in [0, 0.05) is 16.8 Å². The second-order valence-corrected chi connectivity index (χ2v) is 9.18. The van der Waals surface area contributed by atoms with Gasteiger partial charge in [0.15, 0.2) is 0 Å². The van der Waals surface area contributed by atoms with Crippen LogP contribution in [-0.4, -0.2) is 11.0 Å². The molecule has 118 valence electrons. The molecule has 1 heterocycles. The van der Waals surface area contributed by atoms with E-state index in [1.165, 1.54) is 55.6 Å². The smallest absolute Gasteiger partial charge is 0.113 e. The summed E-state index contributed by atoms with van der Waals surface area (Å²) in [5.74, 6) is 0.870. The third-order valence-electron chi connectivity index (χ3n) is 5.10. The van der Waals surface area contributed by atoms with Gasteiger partial charge in [-0.25, -0.2) is 4.98 Å². The van der Waals surface area contributed by atoms with Crippen LogP contribution in [0.25, 0.3) is 0 Å². The molecule has 3 heteroatoms. The zero-order chi connectivity index (χ0) is 15.1. The van der Waals surface area contributed by atoms with Crippen molar-refractivity contribution < 1.29 is 0 Å². The topological polar surface area (TPSA) is 24.9 Å². The van der Waals surface area contributed by atoms with Gasteiger partial charge in [-0.15, -0.1) is 11.3 Å². The Kier molecular flexibility index (Phi) is 4.17. The van der Waals surface area contributed by atoms with Gasteiger partial charge in [0.1, 0.15) is 5.01 Å². The van der Waals surface area contributed by atoms with Gasteiger partial charge in [0.05, 0.1) is 11.2 Å². The fourth-order valence-electron chi connectivity index (χ4n) is 3.39. The summed E-state index contributed by atoms with van der Waals surface area (Å²) in [5, 5.41) is 7.64. The number of hydrogen-bond acceptors (Lipinski definition) is 3. The number of hydrogen-bond donors (Lipinski definition) is 1. The number of nitrogens with zero attached hydrogens (tertiary/aromatic N) is 1. The lowest BCUT2D eigenvalue weighted by Gasteiger charge is -2.32. The molecule has 2 aliphatic carbocycles. The van der Waals surface area contributed by atoms with E-state index in [2.05, 4.69) is 38.4 Å². The van der Waals surface area contributed by atoms with E-state index in [0.29, 0.717) is 0 Å². The Hall–Kier alpha value is -0.410. The van der Waals surface area contributed by atoms with Crippen LogP contribution in [0.2, 0.25) is 0 Å². The zero-order valence-electron chi connectivity index (χ0n) is 14.0. The van der Waals surface area contributed by atoms with Crippen LogP contribution in [0, 0.1) is 5.92 Å². The lowest BCUT2D eigenvalue weighted by Crippen LogP contribution is -2.43. The van der Waals surface area contributed by atoms with Gasteiger partial charge in [-0.2, -0.15) is 0 Å². The minimum absolute atomic E-state index is 0.160. The highest BCUT2D eigenvalue weighted by Crippen LogP contribution is 2.42. The van der Waals surface area contributed by atoms with E-state index in [-0.39, 0.29) is 11.0 Å². The fourth-order valence-corrected chi connectivity index (χ4v) is 4.66. The highest BCUT2D eigenvalue weighted by molar-refractivity contribution is 7.09. The average Bonchev–Trinajstić information content (AvgIpc) is 3.09. The summed E-state index contributed by atoms with van der Waals surface area (Å²) >= 11 is 1.89. The van der Waals surface area contributed by atoms with Gasteiger partial charge in [-0.1, -0.05) is 40.5 Å². The Labute approximate surface area is 133 Å². The summed E-state index contributed by atoms with van der Waals surface area (Å²) in [5.41, 5.74) is 1.59. The molecule has 2 fully saturated rings. The van der Waals surface area contributed by atoms with Gasteiger partial charge in [0.25, 0.3) is 0 Å². The molecule has 1 aromatic rings. The van der Waals surface area contributed by atoms with Gasteiger partial charge >= 0.3 is 0 Å². The van der Waals surface area contributed by atoms with Crippen LogP contribution in [0.5, 0.6) is 0 Å². The monoisotopic (exact) mass is 306 g/mol. The van der Waals surface area contributed by atoms with Crippen LogP contribution in [0.15, 0.2) is 5.38 Å². The quantitative estimate of drug-likeness (QED) is 0.796. The first-order valence-electron chi connectivity index (χ1n) is 8.63. The maximum atomic E-state index is 5.08. The van der Waals surface area contributed by atoms with E-state index < -0.39 is 0 Å². The molecule has 0 saturated heterocycles. The van der Waals surface area contributed by atoms with E-state index in [0.717, 1.165) is 12.0 Å². The summed E-state index contributed by atoms with van der Waals surface area (Å²) < 4.78 is 0. The molecule has 1 N–H and O–H groups in total. The maximum absolute atomic E-state index is 5.08. The van der Waals surface area contributed by atoms with Gasteiger partial charge in [-0.3, -0.25) is 0 Å². The lowest BCUT2D eigenvalue weighted by atomic mass is 9.89. The molecule has 1 aromatic heterocycles. The second kappa shape index (κ2) is 5.66. The van der Waals surface area contributed by atoms with Crippen LogP contribution in [0.1, 0.15) is 83.3 Å². The van der Waals surface area contributed by atoms with Crippen LogP contribution in [0.4, 0.5) is 0 Å². The minimum atomic E-state index is 0.160. The molecule has 0 amide bonds. The first kappa shape index (κ1) is 15.5. The summed E-state index contributed by atoms with van der Waals surface area (Å²) in [7, 11) is 0. The van der Waals surface area contributed by atoms with Crippen molar-refractivity contribution in [2.75, 3.05) is 0 Å². The van der Waals surface area contributed by atoms with Crippen LogP contribution in [0.3, 0.4) is 0 Å². The van der Waals surface area contributed by atoms with Crippen molar-refractivity contribution in [1.82, 2.24) is 10.3 Å². The van der Waals surface area contributed by atoms with Crippen LogP contribution in [-0.2, 0) is 11.0 Å². The SMILES string of the molecule is CC1CCCC(NC2CC2)(c2nc(C(C)(C)C)cs2)CC1. The first-order valence-corrected chi connectivity index (χ1v) is 9.51. The molecule has 2 saturated carbocycles.